The van der Waals surface area contributed by atoms with Gasteiger partial charge in [0.05, 0.1) is 11.4 Å². The number of benzene rings is 2. The maximum absolute atomic E-state index is 13.0. The summed E-state index contributed by atoms with van der Waals surface area (Å²) < 4.78 is 39.6. The van der Waals surface area contributed by atoms with Gasteiger partial charge in [0, 0.05) is 31.9 Å². The number of piperazine rings is 1. The van der Waals surface area contributed by atoms with Crippen molar-refractivity contribution in [1.29, 1.82) is 0 Å². The van der Waals surface area contributed by atoms with Gasteiger partial charge in [-0.1, -0.05) is 18.2 Å². The fourth-order valence-electron chi connectivity index (χ4n) is 2.99. The summed E-state index contributed by atoms with van der Waals surface area (Å²) in [6.07, 6.45) is 0. The highest BCUT2D eigenvalue weighted by atomic mass is 32.2. The first-order valence-corrected chi connectivity index (χ1v) is 10.1. The monoisotopic (exact) mass is 391 g/mol. The molecule has 1 N–H and O–H groups in total. The molecule has 0 aliphatic carbocycles. The van der Waals surface area contributed by atoms with Crippen LogP contribution in [0, 0.1) is 12.7 Å². The summed E-state index contributed by atoms with van der Waals surface area (Å²) in [5.74, 6) is -0.599. The predicted molar refractivity (Wildman–Crippen MR) is 101 cm³/mol. The van der Waals surface area contributed by atoms with Gasteiger partial charge in [0.1, 0.15) is 5.82 Å². The maximum Gasteiger partial charge on any atom is 0.243 e. The summed E-state index contributed by atoms with van der Waals surface area (Å²) in [6.45, 7) is 3.63. The summed E-state index contributed by atoms with van der Waals surface area (Å²) in [5, 5.41) is 2.88. The first-order chi connectivity index (χ1) is 12.9. The molecule has 1 fully saturated rings. The van der Waals surface area contributed by atoms with Gasteiger partial charge in [-0.15, -0.1) is 0 Å². The minimum Gasteiger partial charge on any atom is -0.325 e. The Morgan fingerprint density at radius 1 is 1.04 bits per heavy atom. The van der Waals surface area contributed by atoms with E-state index in [0.717, 1.165) is 23.4 Å². The highest BCUT2D eigenvalue weighted by Gasteiger charge is 2.29. The first kappa shape index (κ1) is 19.5. The Morgan fingerprint density at radius 3 is 2.30 bits per heavy atom. The van der Waals surface area contributed by atoms with E-state index in [2.05, 4.69) is 5.32 Å². The third kappa shape index (κ3) is 4.71. The number of nitrogens with zero attached hydrogens (tertiary/aromatic N) is 2. The van der Waals surface area contributed by atoms with E-state index in [1.165, 1.54) is 16.4 Å². The Hall–Kier alpha value is -2.29. The predicted octanol–water partition coefficient (Wildman–Crippen LogP) is 2.08. The largest absolute Gasteiger partial charge is 0.325 e. The van der Waals surface area contributed by atoms with E-state index in [4.69, 9.17) is 0 Å². The van der Waals surface area contributed by atoms with Gasteiger partial charge in [0.25, 0.3) is 0 Å². The quantitative estimate of drug-likeness (QED) is 0.847. The number of carbonyl (C=O) groups is 1. The minimum atomic E-state index is -3.65. The van der Waals surface area contributed by atoms with Gasteiger partial charge in [0.15, 0.2) is 0 Å². The Balaban J connectivity index is 1.55. The average molecular weight is 391 g/mol. The Bertz CT molecular complexity index is 908. The Labute approximate surface area is 158 Å². The zero-order chi connectivity index (χ0) is 19.4. The second-order valence-electron chi connectivity index (χ2n) is 6.50. The molecule has 0 unspecified atom stereocenters. The number of para-hydroxylation sites is 1. The summed E-state index contributed by atoms with van der Waals surface area (Å²) in [7, 11) is -3.65. The highest BCUT2D eigenvalue weighted by molar-refractivity contribution is 7.89. The van der Waals surface area contributed by atoms with Crippen LogP contribution < -0.4 is 5.32 Å². The molecular formula is C19H22FN3O3S. The summed E-state index contributed by atoms with van der Waals surface area (Å²) in [4.78, 5) is 14.2. The Morgan fingerprint density at radius 2 is 1.67 bits per heavy atom. The zero-order valence-electron chi connectivity index (χ0n) is 15.1. The molecular weight excluding hydrogens is 369 g/mol. The van der Waals surface area contributed by atoms with Crippen LogP contribution in [0.5, 0.6) is 0 Å². The van der Waals surface area contributed by atoms with Crippen LogP contribution in [0.3, 0.4) is 0 Å². The van der Waals surface area contributed by atoms with Crippen molar-refractivity contribution in [2.75, 3.05) is 38.0 Å². The van der Waals surface area contributed by atoms with Crippen LogP contribution >= 0.6 is 0 Å². The van der Waals surface area contributed by atoms with Gasteiger partial charge in [-0.05, 0) is 42.8 Å². The van der Waals surface area contributed by atoms with Crippen LogP contribution in [-0.2, 0) is 14.8 Å². The van der Waals surface area contributed by atoms with Crippen molar-refractivity contribution in [3.63, 3.8) is 0 Å². The topological polar surface area (TPSA) is 69.7 Å². The molecule has 2 aromatic carbocycles. The van der Waals surface area contributed by atoms with Crippen molar-refractivity contribution in [2.24, 2.45) is 0 Å². The van der Waals surface area contributed by atoms with Gasteiger partial charge >= 0.3 is 0 Å². The normalized spacial score (nSPS) is 16.2. The highest BCUT2D eigenvalue weighted by Crippen LogP contribution is 2.18. The van der Waals surface area contributed by atoms with E-state index in [-0.39, 0.29) is 30.4 Å². The fraction of sp³-hybridized carbons (Fsp3) is 0.316. The van der Waals surface area contributed by atoms with Crippen molar-refractivity contribution in [3.05, 3.63) is 59.9 Å². The van der Waals surface area contributed by atoms with Gasteiger partial charge in [0.2, 0.25) is 15.9 Å². The molecule has 8 heteroatoms. The standard InChI is InChI=1S/C19H22FN3O3S/c1-15-4-2-3-5-18(15)21-19(24)14-22-10-12-23(13-11-22)27(25,26)17-8-6-16(20)7-9-17/h2-9H,10-14H2,1H3,(H,21,24). The number of sulfonamides is 1. The lowest BCUT2D eigenvalue weighted by Gasteiger charge is -2.33. The third-order valence-corrected chi connectivity index (χ3v) is 6.48. The van der Waals surface area contributed by atoms with Crippen LogP contribution in [-0.4, -0.2) is 56.3 Å². The van der Waals surface area contributed by atoms with Crippen LogP contribution in [0.2, 0.25) is 0 Å². The van der Waals surface area contributed by atoms with Crippen molar-refractivity contribution in [1.82, 2.24) is 9.21 Å². The maximum atomic E-state index is 13.0. The minimum absolute atomic E-state index is 0.0784. The van der Waals surface area contributed by atoms with E-state index in [1.54, 1.807) is 0 Å². The van der Waals surface area contributed by atoms with Gasteiger partial charge in [-0.25, -0.2) is 12.8 Å². The van der Waals surface area contributed by atoms with Crippen molar-refractivity contribution < 1.29 is 17.6 Å². The molecule has 0 radical (unpaired) electrons. The lowest BCUT2D eigenvalue weighted by atomic mass is 10.2. The molecule has 0 aromatic heterocycles. The second kappa shape index (κ2) is 8.16. The van der Waals surface area contributed by atoms with Gasteiger partial charge < -0.3 is 5.32 Å². The smallest absolute Gasteiger partial charge is 0.243 e. The molecule has 0 saturated carbocycles. The second-order valence-corrected chi connectivity index (χ2v) is 8.44. The number of nitrogens with one attached hydrogen (secondary N) is 1. The molecule has 144 valence electrons. The van der Waals surface area contributed by atoms with Crippen LogP contribution in [0.1, 0.15) is 5.56 Å². The number of amides is 1. The zero-order valence-corrected chi connectivity index (χ0v) is 15.9. The van der Waals surface area contributed by atoms with Crippen molar-refractivity contribution >= 4 is 21.6 Å². The van der Waals surface area contributed by atoms with E-state index in [0.29, 0.717) is 13.1 Å². The molecule has 0 atom stereocenters. The van der Waals surface area contributed by atoms with Crippen molar-refractivity contribution in [2.45, 2.75) is 11.8 Å². The molecule has 27 heavy (non-hydrogen) atoms. The Kier molecular flexibility index (Phi) is 5.88. The molecule has 3 rings (SSSR count). The SMILES string of the molecule is Cc1ccccc1NC(=O)CN1CCN(S(=O)(=O)c2ccc(F)cc2)CC1. The molecule has 1 aliphatic heterocycles. The molecule has 0 bridgehead atoms. The molecule has 6 nitrogen and oxygen atoms in total. The van der Waals surface area contributed by atoms with Gasteiger partial charge in [-0.2, -0.15) is 4.31 Å². The number of rotatable bonds is 5. The number of hydrogen-bond acceptors (Lipinski definition) is 4. The molecule has 0 spiro atoms. The summed E-state index contributed by atoms with van der Waals surface area (Å²) in [6, 6.07) is 12.4. The number of aryl methyl sites for hydroxylation is 1. The summed E-state index contributed by atoms with van der Waals surface area (Å²) in [5.41, 5.74) is 1.76. The molecule has 2 aromatic rings. The fourth-order valence-corrected chi connectivity index (χ4v) is 4.41. The molecule has 1 amide bonds. The molecule has 1 saturated heterocycles. The number of hydrogen-bond donors (Lipinski definition) is 1. The molecule has 1 aliphatic rings. The van der Waals surface area contributed by atoms with E-state index >= 15 is 0 Å². The lowest BCUT2D eigenvalue weighted by Crippen LogP contribution is -2.50. The number of anilines is 1. The first-order valence-electron chi connectivity index (χ1n) is 8.70. The van der Waals surface area contributed by atoms with E-state index < -0.39 is 15.8 Å². The lowest BCUT2D eigenvalue weighted by molar-refractivity contribution is -0.117. The summed E-state index contributed by atoms with van der Waals surface area (Å²) >= 11 is 0. The van der Waals surface area contributed by atoms with Crippen LogP contribution in [0.4, 0.5) is 10.1 Å². The van der Waals surface area contributed by atoms with Gasteiger partial charge in [-0.3, -0.25) is 9.69 Å². The number of carbonyl (C=O) groups excluding carboxylic acids is 1. The third-order valence-electron chi connectivity index (χ3n) is 4.57. The molecule has 1 heterocycles. The van der Waals surface area contributed by atoms with Crippen LogP contribution in [0.25, 0.3) is 0 Å². The van der Waals surface area contributed by atoms with Crippen LogP contribution in [0.15, 0.2) is 53.4 Å². The number of halogens is 1. The average Bonchev–Trinajstić information content (AvgIpc) is 2.64. The van der Waals surface area contributed by atoms with Crippen molar-refractivity contribution in [3.8, 4) is 0 Å². The van der Waals surface area contributed by atoms with E-state index in [1.807, 2.05) is 36.1 Å². The van der Waals surface area contributed by atoms with E-state index in [9.17, 15) is 17.6 Å².